The second kappa shape index (κ2) is 4.83. The molecule has 0 spiro atoms. The van der Waals surface area contributed by atoms with Crippen LogP contribution in [-0.4, -0.2) is 11.8 Å². The maximum atomic E-state index is 12.2. The predicted octanol–water partition coefficient (Wildman–Crippen LogP) is 4.27. The van der Waals surface area contributed by atoms with Crippen LogP contribution in [0.2, 0.25) is 0 Å². The molecule has 0 fully saturated rings. The van der Waals surface area contributed by atoms with Crippen molar-refractivity contribution in [2.24, 2.45) is 5.41 Å². The number of fused-ring (bicyclic) bond motifs is 1. The van der Waals surface area contributed by atoms with Gasteiger partial charge < -0.3 is 5.32 Å². The molecular formula is C15H20INO. The highest BCUT2D eigenvalue weighted by Crippen LogP contribution is 2.38. The maximum Gasteiger partial charge on any atom is 0.163 e. The van der Waals surface area contributed by atoms with Crippen molar-refractivity contribution in [2.75, 3.05) is 5.32 Å². The second-order valence-corrected chi connectivity index (χ2v) is 7.27. The van der Waals surface area contributed by atoms with Gasteiger partial charge in [-0.1, -0.05) is 13.8 Å². The van der Waals surface area contributed by atoms with E-state index < -0.39 is 0 Å². The molecule has 0 bridgehead atoms. The van der Waals surface area contributed by atoms with Gasteiger partial charge in [0.1, 0.15) is 0 Å². The first-order valence-electron chi connectivity index (χ1n) is 6.41. The van der Waals surface area contributed by atoms with E-state index in [4.69, 9.17) is 0 Å². The van der Waals surface area contributed by atoms with Crippen LogP contribution in [0.4, 0.5) is 5.69 Å². The maximum absolute atomic E-state index is 12.2. The number of ketones is 1. The van der Waals surface area contributed by atoms with E-state index in [1.165, 1.54) is 9.13 Å². The minimum absolute atomic E-state index is 0.0838. The number of halogens is 1. The Morgan fingerprint density at radius 2 is 1.94 bits per heavy atom. The smallest absolute Gasteiger partial charge is 0.163 e. The fraction of sp³-hybridized carbons (Fsp3) is 0.533. The van der Waals surface area contributed by atoms with Gasteiger partial charge in [-0.2, -0.15) is 0 Å². The summed E-state index contributed by atoms with van der Waals surface area (Å²) in [7, 11) is 0. The third-order valence-corrected chi connectivity index (χ3v) is 4.51. The Hall–Kier alpha value is -0.580. The normalized spacial score (nSPS) is 17.8. The van der Waals surface area contributed by atoms with E-state index in [1.807, 2.05) is 12.1 Å². The van der Waals surface area contributed by atoms with E-state index in [0.717, 1.165) is 17.7 Å². The van der Waals surface area contributed by atoms with Gasteiger partial charge in [0.05, 0.1) is 0 Å². The molecule has 98 valence electrons. The average Bonchev–Trinajstić information content (AvgIpc) is 2.21. The molecule has 0 radical (unpaired) electrons. The van der Waals surface area contributed by atoms with E-state index in [9.17, 15) is 4.79 Å². The molecule has 0 atom stereocenters. The Bertz CT molecular complexity index is 492. The lowest BCUT2D eigenvalue weighted by Crippen LogP contribution is -2.28. The van der Waals surface area contributed by atoms with E-state index in [1.54, 1.807) is 0 Å². The molecule has 1 aliphatic rings. The number of Topliss-reactive ketones (excluding diaryl/α,β-unsaturated/α-hetero) is 1. The molecule has 2 rings (SSSR count). The Kier molecular flexibility index (Phi) is 3.72. The first-order chi connectivity index (χ1) is 8.30. The minimum atomic E-state index is 0.0838. The van der Waals surface area contributed by atoms with Crippen molar-refractivity contribution in [3.8, 4) is 0 Å². The van der Waals surface area contributed by atoms with Crippen LogP contribution in [0.5, 0.6) is 0 Å². The Balaban J connectivity index is 2.47. The van der Waals surface area contributed by atoms with Crippen LogP contribution < -0.4 is 5.32 Å². The zero-order valence-corrected chi connectivity index (χ0v) is 13.6. The van der Waals surface area contributed by atoms with Crippen LogP contribution >= 0.6 is 22.6 Å². The lowest BCUT2D eigenvalue weighted by Gasteiger charge is -2.31. The van der Waals surface area contributed by atoms with Crippen LogP contribution in [0, 0.1) is 8.99 Å². The lowest BCUT2D eigenvalue weighted by atomic mass is 9.73. The Morgan fingerprint density at radius 1 is 1.28 bits per heavy atom. The SMILES string of the molecule is CC(C)Nc1ccc2c(c1I)CC(C)(C)CC2=O. The molecule has 0 aromatic heterocycles. The predicted molar refractivity (Wildman–Crippen MR) is 84.4 cm³/mol. The van der Waals surface area contributed by atoms with Gasteiger partial charge in [0.15, 0.2) is 5.78 Å². The first kappa shape index (κ1) is 13.8. The average molecular weight is 357 g/mol. The van der Waals surface area contributed by atoms with Crippen LogP contribution in [0.15, 0.2) is 12.1 Å². The van der Waals surface area contributed by atoms with Gasteiger partial charge in [-0.05, 0) is 66.0 Å². The van der Waals surface area contributed by atoms with E-state index >= 15 is 0 Å². The summed E-state index contributed by atoms with van der Waals surface area (Å²) in [6.07, 6.45) is 1.65. The summed E-state index contributed by atoms with van der Waals surface area (Å²) >= 11 is 2.37. The summed E-state index contributed by atoms with van der Waals surface area (Å²) in [5.74, 6) is 0.287. The Morgan fingerprint density at radius 3 is 2.56 bits per heavy atom. The summed E-state index contributed by atoms with van der Waals surface area (Å²) in [4.78, 5) is 12.2. The zero-order chi connectivity index (χ0) is 13.5. The highest BCUT2D eigenvalue weighted by molar-refractivity contribution is 14.1. The zero-order valence-electron chi connectivity index (χ0n) is 11.4. The molecule has 1 aromatic carbocycles. The number of carbonyl (C=O) groups is 1. The summed E-state index contributed by atoms with van der Waals surface area (Å²) in [6, 6.07) is 4.43. The molecule has 0 saturated carbocycles. The molecule has 2 nitrogen and oxygen atoms in total. The standard InChI is InChI=1S/C15H20INO/c1-9(2)17-12-6-5-10-11(14(12)16)7-15(3,4)8-13(10)18/h5-6,9,17H,7-8H2,1-4H3. The third-order valence-electron chi connectivity index (χ3n) is 3.28. The summed E-state index contributed by atoms with van der Waals surface area (Å²) in [5.41, 5.74) is 3.38. The molecule has 18 heavy (non-hydrogen) atoms. The van der Waals surface area contributed by atoms with Gasteiger partial charge in [-0.3, -0.25) is 4.79 Å². The molecule has 0 saturated heterocycles. The molecular weight excluding hydrogens is 337 g/mol. The van der Waals surface area contributed by atoms with Crippen LogP contribution in [0.1, 0.15) is 50.0 Å². The monoisotopic (exact) mass is 357 g/mol. The van der Waals surface area contributed by atoms with Crippen LogP contribution in [0.25, 0.3) is 0 Å². The Labute approximate surface area is 123 Å². The highest BCUT2D eigenvalue weighted by atomic mass is 127. The van der Waals surface area contributed by atoms with E-state index in [2.05, 4.69) is 55.6 Å². The molecule has 0 amide bonds. The number of hydrogen-bond donors (Lipinski definition) is 1. The van der Waals surface area contributed by atoms with E-state index in [0.29, 0.717) is 12.5 Å². The molecule has 0 heterocycles. The van der Waals surface area contributed by atoms with Gasteiger partial charge in [-0.15, -0.1) is 0 Å². The largest absolute Gasteiger partial charge is 0.382 e. The number of nitrogens with one attached hydrogen (secondary N) is 1. The van der Waals surface area contributed by atoms with E-state index in [-0.39, 0.29) is 11.2 Å². The highest BCUT2D eigenvalue weighted by Gasteiger charge is 2.32. The van der Waals surface area contributed by atoms with Crippen molar-refractivity contribution < 1.29 is 4.79 Å². The van der Waals surface area contributed by atoms with Crippen molar-refractivity contribution in [2.45, 2.75) is 46.6 Å². The molecule has 1 aliphatic carbocycles. The molecule has 1 N–H and O–H groups in total. The van der Waals surface area contributed by atoms with Gasteiger partial charge in [0.2, 0.25) is 0 Å². The quantitative estimate of drug-likeness (QED) is 0.801. The summed E-state index contributed by atoms with van der Waals surface area (Å²) in [5, 5.41) is 3.45. The number of anilines is 1. The van der Waals surface area contributed by atoms with Crippen molar-refractivity contribution in [1.29, 1.82) is 0 Å². The molecule has 0 unspecified atom stereocenters. The van der Waals surface area contributed by atoms with Crippen molar-refractivity contribution >= 4 is 34.1 Å². The summed E-state index contributed by atoms with van der Waals surface area (Å²) in [6.45, 7) is 8.61. The van der Waals surface area contributed by atoms with Gasteiger partial charge in [-0.25, -0.2) is 0 Å². The van der Waals surface area contributed by atoms with Crippen molar-refractivity contribution in [1.82, 2.24) is 0 Å². The number of rotatable bonds is 2. The summed E-state index contributed by atoms with van der Waals surface area (Å²) < 4.78 is 1.21. The van der Waals surface area contributed by atoms with Gasteiger partial charge in [0, 0.05) is 27.3 Å². The number of hydrogen-bond acceptors (Lipinski definition) is 2. The second-order valence-electron chi connectivity index (χ2n) is 6.19. The van der Waals surface area contributed by atoms with Crippen LogP contribution in [-0.2, 0) is 6.42 Å². The van der Waals surface area contributed by atoms with Crippen LogP contribution in [0.3, 0.4) is 0 Å². The van der Waals surface area contributed by atoms with Crippen molar-refractivity contribution in [3.05, 3.63) is 26.8 Å². The minimum Gasteiger partial charge on any atom is -0.382 e. The number of benzene rings is 1. The van der Waals surface area contributed by atoms with Gasteiger partial charge >= 0.3 is 0 Å². The molecule has 3 heteroatoms. The number of carbonyl (C=O) groups excluding carboxylic acids is 1. The first-order valence-corrected chi connectivity index (χ1v) is 7.49. The fourth-order valence-corrected chi connectivity index (χ4v) is 3.37. The molecule has 1 aromatic rings. The molecule has 0 aliphatic heterocycles. The fourth-order valence-electron chi connectivity index (χ4n) is 2.55. The third kappa shape index (κ3) is 2.71. The van der Waals surface area contributed by atoms with Gasteiger partial charge in [0.25, 0.3) is 0 Å². The lowest BCUT2D eigenvalue weighted by molar-refractivity contribution is 0.0912. The topological polar surface area (TPSA) is 29.1 Å². The van der Waals surface area contributed by atoms with Crippen molar-refractivity contribution in [3.63, 3.8) is 0 Å².